The molecule has 0 aliphatic carbocycles. The van der Waals surface area contributed by atoms with Gasteiger partial charge in [0.05, 0.1) is 5.56 Å². The zero-order valence-corrected chi connectivity index (χ0v) is 7.81. The fraction of sp³-hybridized carbons (Fsp3) is 0.333. The maximum absolute atomic E-state index is 13.1. The Balaban J connectivity index is 2.93. The van der Waals surface area contributed by atoms with Gasteiger partial charge in [-0.1, -0.05) is 31.4 Å². The molecule has 0 aliphatic rings. The molecule has 0 saturated heterocycles. The molecule has 1 aromatic carbocycles. The second-order valence-corrected chi connectivity index (χ2v) is 3.02. The Morgan fingerprint density at radius 2 is 2.23 bits per heavy atom. The number of terminal acetylenes is 1. The zero-order chi connectivity index (χ0) is 9.68. The summed E-state index contributed by atoms with van der Waals surface area (Å²) in [7, 11) is 0. The molecule has 0 aliphatic heterocycles. The van der Waals surface area contributed by atoms with Gasteiger partial charge in [0.2, 0.25) is 0 Å². The van der Waals surface area contributed by atoms with Crippen LogP contribution in [0.1, 0.15) is 30.9 Å². The third kappa shape index (κ3) is 2.32. The molecule has 0 heterocycles. The van der Waals surface area contributed by atoms with Crippen LogP contribution in [0.4, 0.5) is 4.39 Å². The predicted molar refractivity (Wildman–Crippen MR) is 52.9 cm³/mol. The van der Waals surface area contributed by atoms with Crippen molar-refractivity contribution in [2.24, 2.45) is 0 Å². The highest BCUT2D eigenvalue weighted by Crippen LogP contribution is 2.14. The summed E-state index contributed by atoms with van der Waals surface area (Å²) in [5.74, 6) is 2.12. The van der Waals surface area contributed by atoms with Crippen molar-refractivity contribution < 1.29 is 4.39 Å². The van der Waals surface area contributed by atoms with E-state index in [1.807, 2.05) is 6.07 Å². The second-order valence-electron chi connectivity index (χ2n) is 3.02. The lowest BCUT2D eigenvalue weighted by Crippen LogP contribution is -1.93. The summed E-state index contributed by atoms with van der Waals surface area (Å²) in [6, 6.07) is 5.01. The Labute approximate surface area is 78.8 Å². The van der Waals surface area contributed by atoms with Crippen LogP contribution in [-0.4, -0.2) is 0 Å². The first kappa shape index (κ1) is 9.80. The van der Waals surface area contributed by atoms with Gasteiger partial charge >= 0.3 is 0 Å². The molecule has 13 heavy (non-hydrogen) atoms. The maximum atomic E-state index is 13.1. The summed E-state index contributed by atoms with van der Waals surface area (Å²) in [4.78, 5) is 0. The van der Waals surface area contributed by atoms with Crippen molar-refractivity contribution in [2.45, 2.75) is 26.2 Å². The van der Waals surface area contributed by atoms with Gasteiger partial charge in [-0.25, -0.2) is 4.39 Å². The summed E-state index contributed by atoms with van der Waals surface area (Å²) in [5, 5.41) is 0. The molecule has 0 nitrogen and oxygen atoms in total. The van der Waals surface area contributed by atoms with E-state index in [9.17, 15) is 4.39 Å². The number of hydrogen-bond acceptors (Lipinski definition) is 0. The maximum Gasteiger partial charge on any atom is 0.139 e. The summed E-state index contributed by atoms with van der Waals surface area (Å²) >= 11 is 0. The summed E-state index contributed by atoms with van der Waals surface area (Å²) < 4.78 is 13.1. The van der Waals surface area contributed by atoms with Gasteiger partial charge in [-0.05, 0) is 24.5 Å². The Morgan fingerprint density at radius 1 is 1.46 bits per heavy atom. The molecule has 1 heteroatoms. The van der Waals surface area contributed by atoms with E-state index in [0.717, 1.165) is 24.8 Å². The monoisotopic (exact) mass is 176 g/mol. The fourth-order valence-electron chi connectivity index (χ4n) is 1.31. The number of benzene rings is 1. The number of rotatable bonds is 3. The quantitative estimate of drug-likeness (QED) is 0.620. The van der Waals surface area contributed by atoms with E-state index in [1.54, 1.807) is 6.07 Å². The Kier molecular flexibility index (Phi) is 3.52. The molecule has 1 rings (SSSR count). The molecule has 0 bridgehead atoms. The van der Waals surface area contributed by atoms with E-state index in [2.05, 4.69) is 12.8 Å². The molecular formula is C12H13F. The van der Waals surface area contributed by atoms with Crippen LogP contribution in [0.25, 0.3) is 0 Å². The first-order valence-corrected chi connectivity index (χ1v) is 4.53. The van der Waals surface area contributed by atoms with Gasteiger partial charge in [-0.15, -0.1) is 6.42 Å². The van der Waals surface area contributed by atoms with Crippen molar-refractivity contribution in [1.29, 1.82) is 0 Å². The zero-order valence-electron chi connectivity index (χ0n) is 7.81. The Morgan fingerprint density at radius 3 is 2.85 bits per heavy atom. The van der Waals surface area contributed by atoms with Gasteiger partial charge in [-0.2, -0.15) is 0 Å². The van der Waals surface area contributed by atoms with Crippen LogP contribution in [0.3, 0.4) is 0 Å². The lowest BCUT2D eigenvalue weighted by molar-refractivity contribution is 0.620. The van der Waals surface area contributed by atoms with Crippen molar-refractivity contribution >= 4 is 0 Å². The van der Waals surface area contributed by atoms with E-state index in [4.69, 9.17) is 6.42 Å². The fourth-order valence-corrected chi connectivity index (χ4v) is 1.31. The lowest BCUT2D eigenvalue weighted by atomic mass is 10.0. The van der Waals surface area contributed by atoms with E-state index >= 15 is 0 Å². The van der Waals surface area contributed by atoms with E-state index < -0.39 is 0 Å². The normalized spacial score (nSPS) is 9.62. The summed E-state index contributed by atoms with van der Waals surface area (Å²) in [6.07, 6.45) is 8.25. The van der Waals surface area contributed by atoms with Crippen molar-refractivity contribution in [3.63, 3.8) is 0 Å². The molecule has 0 fully saturated rings. The standard InChI is InChI=1S/C12H13F/c1-3-5-7-10-8-6-9-12(13)11(10)4-2/h2,6,8-9H,3,5,7H2,1H3. The molecule has 0 atom stereocenters. The van der Waals surface area contributed by atoms with E-state index in [1.165, 1.54) is 6.07 Å². The molecule has 0 spiro atoms. The largest absolute Gasteiger partial charge is 0.206 e. The van der Waals surface area contributed by atoms with Gasteiger partial charge in [0, 0.05) is 0 Å². The molecule has 0 radical (unpaired) electrons. The van der Waals surface area contributed by atoms with Gasteiger partial charge in [0.25, 0.3) is 0 Å². The SMILES string of the molecule is C#Cc1c(F)cccc1CCCC. The van der Waals surface area contributed by atoms with Crippen LogP contribution in [0.15, 0.2) is 18.2 Å². The van der Waals surface area contributed by atoms with Gasteiger partial charge in [-0.3, -0.25) is 0 Å². The molecule has 1 aromatic rings. The van der Waals surface area contributed by atoms with E-state index in [-0.39, 0.29) is 5.82 Å². The highest BCUT2D eigenvalue weighted by molar-refractivity contribution is 5.41. The molecule has 0 N–H and O–H groups in total. The summed E-state index contributed by atoms with van der Waals surface area (Å²) in [6.45, 7) is 2.11. The minimum Gasteiger partial charge on any atom is -0.206 e. The molecular weight excluding hydrogens is 163 g/mol. The summed E-state index contributed by atoms with van der Waals surface area (Å²) in [5.41, 5.74) is 1.38. The third-order valence-electron chi connectivity index (χ3n) is 2.04. The van der Waals surface area contributed by atoms with Gasteiger partial charge in [0.1, 0.15) is 5.82 Å². The van der Waals surface area contributed by atoms with Crippen molar-refractivity contribution in [3.05, 3.63) is 35.1 Å². The van der Waals surface area contributed by atoms with Crippen molar-refractivity contribution in [1.82, 2.24) is 0 Å². The van der Waals surface area contributed by atoms with Crippen LogP contribution in [-0.2, 0) is 6.42 Å². The lowest BCUT2D eigenvalue weighted by Gasteiger charge is -2.03. The Hall–Kier alpha value is -1.29. The molecule has 0 saturated carbocycles. The number of aryl methyl sites for hydroxylation is 1. The number of halogens is 1. The topological polar surface area (TPSA) is 0 Å². The van der Waals surface area contributed by atoms with Crippen molar-refractivity contribution in [3.8, 4) is 12.3 Å². The highest BCUT2D eigenvalue weighted by atomic mass is 19.1. The second kappa shape index (κ2) is 4.67. The molecule has 0 amide bonds. The van der Waals surface area contributed by atoms with Crippen LogP contribution >= 0.6 is 0 Å². The van der Waals surface area contributed by atoms with Gasteiger partial charge in [0.15, 0.2) is 0 Å². The minimum atomic E-state index is -0.281. The average molecular weight is 176 g/mol. The van der Waals surface area contributed by atoms with Crippen LogP contribution in [0, 0.1) is 18.2 Å². The van der Waals surface area contributed by atoms with Crippen LogP contribution in [0.2, 0.25) is 0 Å². The third-order valence-corrected chi connectivity index (χ3v) is 2.04. The van der Waals surface area contributed by atoms with Crippen LogP contribution in [0.5, 0.6) is 0 Å². The smallest absolute Gasteiger partial charge is 0.139 e. The average Bonchev–Trinajstić information content (AvgIpc) is 2.15. The predicted octanol–water partition coefficient (Wildman–Crippen LogP) is 3.15. The first-order valence-electron chi connectivity index (χ1n) is 4.53. The van der Waals surface area contributed by atoms with E-state index in [0.29, 0.717) is 5.56 Å². The number of hydrogen-bond donors (Lipinski definition) is 0. The number of unbranched alkanes of at least 4 members (excludes halogenated alkanes) is 1. The van der Waals surface area contributed by atoms with Gasteiger partial charge < -0.3 is 0 Å². The Bertz CT molecular complexity index is 320. The molecule has 0 unspecified atom stereocenters. The van der Waals surface area contributed by atoms with Crippen molar-refractivity contribution in [2.75, 3.05) is 0 Å². The molecule has 0 aromatic heterocycles. The first-order chi connectivity index (χ1) is 6.29. The highest BCUT2D eigenvalue weighted by Gasteiger charge is 2.04. The van der Waals surface area contributed by atoms with Crippen LogP contribution < -0.4 is 0 Å². The molecule has 68 valence electrons. The minimum absolute atomic E-state index is 0.281.